The van der Waals surface area contributed by atoms with Crippen molar-refractivity contribution in [1.82, 2.24) is 5.32 Å². The number of hydrogen-bond donors (Lipinski definition) is 2. The number of hydrogen-bond acceptors (Lipinski definition) is 5. The lowest BCUT2D eigenvalue weighted by molar-refractivity contribution is -0.124. The van der Waals surface area contributed by atoms with Crippen LogP contribution in [0.25, 0.3) is 0 Å². The molecule has 5 rings (SSSR count). The Morgan fingerprint density at radius 2 is 1.90 bits per heavy atom. The Hall–Kier alpha value is -3.00. The second-order valence-corrected chi connectivity index (χ2v) is 17.2. The molecule has 2 unspecified atom stereocenters. The maximum Gasteiger partial charge on any atom is 0.255 e. The Kier molecular flexibility index (Phi) is 7.68. The first-order valence-electron chi connectivity index (χ1n) is 14.0. The highest BCUT2D eigenvalue weighted by Crippen LogP contribution is 2.49. The molecule has 0 bridgehead atoms. The number of carbonyl (C=O) groups is 1. The van der Waals surface area contributed by atoms with E-state index in [1.165, 1.54) is 5.19 Å². The largest absolute Gasteiger partial charge is 0.451 e. The van der Waals surface area contributed by atoms with Crippen molar-refractivity contribution in [3.05, 3.63) is 94.4 Å². The summed E-state index contributed by atoms with van der Waals surface area (Å²) in [4.78, 5) is 13.3. The van der Waals surface area contributed by atoms with Crippen molar-refractivity contribution in [3.8, 4) is 0 Å². The van der Waals surface area contributed by atoms with E-state index in [1.807, 2.05) is 19.9 Å². The van der Waals surface area contributed by atoms with Crippen LogP contribution >= 0.6 is 11.6 Å². The maximum atomic E-state index is 13.3. The molecule has 0 fully saturated rings. The number of ether oxygens (including phenoxy) is 2. The van der Waals surface area contributed by atoms with Crippen molar-refractivity contribution >= 4 is 36.7 Å². The quantitative estimate of drug-likeness (QED) is 0.216. The fourth-order valence-electron chi connectivity index (χ4n) is 6.26. The average molecular weight is 579 g/mol. The van der Waals surface area contributed by atoms with Gasteiger partial charge in [0.25, 0.3) is 5.91 Å². The maximum absolute atomic E-state index is 13.3. The summed E-state index contributed by atoms with van der Waals surface area (Å²) < 4.78 is 19.7. The summed E-state index contributed by atoms with van der Waals surface area (Å²) >= 11 is 6.32. The predicted molar refractivity (Wildman–Crippen MR) is 163 cm³/mol. The zero-order chi connectivity index (χ0) is 28.7. The van der Waals surface area contributed by atoms with Gasteiger partial charge in [0.15, 0.2) is 11.5 Å². The van der Waals surface area contributed by atoms with E-state index in [-0.39, 0.29) is 16.5 Å². The molecule has 3 N–H and O–H groups in total. The highest BCUT2D eigenvalue weighted by Gasteiger charge is 2.54. The molecule has 212 valence electrons. The molecular weight excluding hydrogens is 540 g/mol. The van der Waals surface area contributed by atoms with Crippen molar-refractivity contribution in [2.45, 2.75) is 76.3 Å². The minimum atomic E-state index is -2.61. The molecule has 0 radical (unpaired) electrons. The van der Waals surface area contributed by atoms with Crippen molar-refractivity contribution in [2.75, 3.05) is 12.3 Å². The van der Waals surface area contributed by atoms with Crippen LogP contribution in [0.5, 0.6) is 0 Å². The van der Waals surface area contributed by atoms with Gasteiger partial charge in [0.1, 0.15) is 6.04 Å². The average Bonchev–Trinajstić information content (AvgIpc) is 3.38. The van der Waals surface area contributed by atoms with Crippen LogP contribution in [0.1, 0.15) is 64.2 Å². The number of carbonyl (C=O) groups excluding carboxylic acids is 1. The van der Waals surface area contributed by atoms with Crippen LogP contribution in [0, 0.1) is 0 Å². The molecule has 6 nitrogen and oxygen atoms in total. The van der Waals surface area contributed by atoms with Crippen LogP contribution in [0.3, 0.4) is 0 Å². The molecule has 2 aromatic rings. The normalized spacial score (nSPS) is 23.1. The van der Waals surface area contributed by atoms with Gasteiger partial charge in [-0.3, -0.25) is 4.79 Å². The van der Waals surface area contributed by atoms with Crippen molar-refractivity contribution in [3.63, 3.8) is 0 Å². The number of benzene rings is 2. The Balaban J connectivity index is 1.49. The standard InChI is InChI=1S/C32H39ClN2O4Si/c1-31(2,3)40(22-13-8-6-9-14-22,23-15-10-7-11-16-23)37-20-21-19-26(29-28(21)38-32(4,5)39-29)35-30(36)27-24(33)17-12-18-25(27)34/h6,8-10,12-15,17-19,23,26H,7,11,16,20,34H2,1-5H3,(H,35,36)/t23?,26-,40?/m1/s1. The van der Waals surface area contributed by atoms with Crippen molar-refractivity contribution in [1.29, 1.82) is 0 Å². The van der Waals surface area contributed by atoms with E-state index >= 15 is 0 Å². The molecule has 0 spiro atoms. The minimum Gasteiger partial charge on any atom is -0.451 e. The molecule has 40 heavy (non-hydrogen) atoms. The molecule has 0 aromatic heterocycles. The van der Waals surface area contributed by atoms with Crippen molar-refractivity contribution in [2.24, 2.45) is 0 Å². The monoisotopic (exact) mass is 578 g/mol. The first-order chi connectivity index (χ1) is 18.9. The Labute approximate surface area is 243 Å². The van der Waals surface area contributed by atoms with Gasteiger partial charge in [-0.2, -0.15) is 0 Å². The Morgan fingerprint density at radius 3 is 2.55 bits per heavy atom. The fourth-order valence-corrected chi connectivity index (χ4v) is 11.8. The number of rotatable bonds is 7. The number of nitrogen functional groups attached to an aromatic ring is 1. The van der Waals surface area contributed by atoms with E-state index in [2.05, 4.69) is 68.6 Å². The lowest BCUT2D eigenvalue weighted by Crippen LogP contribution is -2.61. The topological polar surface area (TPSA) is 82.8 Å². The van der Waals surface area contributed by atoms with E-state index < -0.39 is 20.1 Å². The van der Waals surface area contributed by atoms with Crippen LogP contribution in [-0.4, -0.2) is 32.7 Å². The zero-order valence-electron chi connectivity index (χ0n) is 23.9. The third kappa shape index (κ3) is 5.22. The van der Waals surface area contributed by atoms with Crippen molar-refractivity contribution < 1.29 is 18.7 Å². The van der Waals surface area contributed by atoms with Gasteiger partial charge in [-0.1, -0.05) is 80.9 Å². The highest BCUT2D eigenvalue weighted by atomic mass is 35.5. The van der Waals surface area contributed by atoms with E-state index in [4.69, 9.17) is 31.2 Å². The Bertz CT molecular complexity index is 1360. The van der Waals surface area contributed by atoms with Gasteiger partial charge >= 0.3 is 0 Å². The fraction of sp³-hybridized carbons (Fsp3) is 0.406. The summed E-state index contributed by atoms with van der Waals surface area (Å²) in [6.07, 6.45) is 10.0. The van der Waals surface area contributed by atoms with E-state index in [1.54, 1.807) is 18.2 Å². The molecule has 3 aliphatic rings. The van der Waals surface area contributed by atoms with Gasteiger partial charge in [0.2, 0.25) is 14.1 Å². The molecule has 2 aromatic carbocycles. The molecule has 8 heteroatoms. The van der Waals surface area contributed by atoms with Gasteiger partial charge in [0, 0.05) is 30.6 Å². The molecular formula is C32H39ClN2O4Si. The predicted octanol–water partition coefficient (Wildman–Crippen LogP) is 6.73. The summed E-state index contributed by atoms with van der Waals surface area (Å²) in [7, 11) is -2.61. The molecule has 1 amide bonds. The smallest absolute Gasteiger partial charge is 0.255 e. The summed E-state index contributed by atoms with van der Waals surface area (Å²) in [5, 5.41) is 4.54. The summed E-state index contributed by atoms with van der Waals surface area (Å²) in [6, 6.07) is 15.2. The summed E-state index contributed by atoms with van der Waals surface area (Å²) in [6.45, 7) is 11.0. The second-order valence-electron chi connectivity index (χ2n) is 12.3. The Morgan fingerprint density at radius 1 is 1.15 bits per heavy atom. The van der Waals surface area contributed by atoms with Gasteiger partial charge in [-0.05, 0) is 47.7 Å². The lowest BCUT2D eigenvalue weighted by atomic mass is 10.1. The SMILES string of the molecule is CC1(C)OC2=C(O1)[C@H](NC(=O)c1c(N)cccc1Cl)C=C2CO[Si](c1ccccc1)(C1C=CCCC1)C(C)(C)C. The van der Waals surface area contributed by atoms with E-state index in [0.717, 1.165) is 24.8 Å². The van der Waals surface area contributed by atoms with E-state index in [9.17, 15) is 4.79 Å². The van der Waals surface area contributed by atoms with Gasteiger partial charge in [0.05, 0.1) is 17.2 Å². The first-order valence-corrected chi connectivity index (χ1v) is 16.3. The number of anilines is 1. The second kappa shape index (κ2) is 10.8. The molecule has 3 atom stereocenters. The van der Waals surface area contributed by atoms with Crippen LogP contribution in [0.2, 0.25) is 15.6 Å². The third-order valence-corrected chi connectivity index (χ3v) is 13.8. The van der Waals surface area contributed by atoms with Crippen LogP contribution in [0.4, 0.5) is 5.69 Å². The number of allylic oxidation sites excluding steroid dienone is 2. The van der Waals surface area contributed by atoms with Crippen LogP contribution < -0.4 is 16.2 Å². The number of nitrogens with one attached hydrogen (secondary N) is 1. The number of halogens is 1. The van der Waals surface area contributed by atoms with Crippen LogP contribution in [-0.2, 0) is 13.9 Å². The molecule has 0 saturated heterocycles. The minimum absolute atomic E-state index is 0.0847. The van der Waals surface area contributed by atoms with Gasteiger partial charge < -0.3 is 25.0 Å². The highest BCUT2D eigenvalue weighted by molar-refractivity contribution is 6.90. The molecule has 1 aliphatic heterocycles. The molecule has 0 saturated carbocycles. The van der Waals surface area contributed by atoms with Gasteiger partial charge in [-0.25, -0.2) is 0 Å². The van der Waals surface area contributed by atoms with E-state index in [0.29, 0.717) is 34.4 Å². The summed E-state index contributed by atoms with van der Waals surface area (Å²) in [5.74, 6) is -0.0308. The lowest BCUT2D eigenvalue weighted by Gasteiger charge is -2.47. The third-order valence-electron chi connectivity index (χ3n) is 7.98. The summed E-state index contributed by atoms with van der Waals surface area (Å²) in [5.41, 5.74) is 7.86. The first kappa shape index (κ1) is 28.5. The number of nitrogens with two attached hydrogens (primary N) is 1. The van der Waals surface area contributed by atoms with Crippen LogP contribution in [0.15, 0.2) is 83.9 Å². The molecule has 1 heterocycles. The number of amides is 1. The van der Waals surface area contributed by atoms with Gasteiger partial charge in [-0.15, -0.1) is 0 Å². The molecule has 2 aliphatic carbocycles. The zero-order valence-corrected chi connectivity index (χ0v) is 25.7.